The molecule has 5 heterocycles. The predicted octanol–water partition coefficient (Wildman–Crippen LogP) is 13.0. The van der Waals surface area contributed by atoms with Crippen LogP contribution < -0.4 is 20.7 Å². The summed E-state index contributed by atoms with van der Waals surface area (Å²) in [5.41, 5.74) is 9.44. The van der Waals surface area contributed by atoms with Crippen LogP contribution in [0.1, 0.15) is 22.3 Å². The fraction of sp³-hybridized carbons (Fsp3) is 0.0182. The zero-order chi connectivity index (χ0) is 40.0. The molecule has 2 aliphatic heterocycles. The highest BCUT2D eigenvalue weighted by molar-refractivity contribution is 7.85. The van der Waals surface area contributed by atoms with Crippen LogP contribution in [0.3, 0.4) is 0 Å². The molecule has 1 spiro atoms. The summed E-state index contributed by atoms with van der Waals surface area (Å²) in [5, 5.41) is 8.89. The molecule has 0 bridgehead atoms. The molecule has 0 amide bonds. The summed E-state index contributed by atoms with van der Waals surface area (Å²) in [7, 11) is -3.46. The molecule has 3 aromatic heterocycles. The molecule has 0 fully saturated rings. The lowest BCUT2D eigenvalue weighted by molar-refractivity contribution is 0.435. The smallest absolute Gasteiger partial charge is 0.171 e. The molecular formula is C55H32NO4P. The van der Waals surface area contributed by atoms with Crippen molar-refractivity contribution in [2.45, 2.75) is 5.41 Å². The van der Waals surface area contributed by atoms with E-state index in [0.717, 1.165) is 115 Å². The third-order valence-corrected chi connectivity index (χ3v) is 16.5. The van der Waals surface area contributed by atoms with Crippen molar-refractivity contribution in [1.82, 2.24) is 4.57 Å². The summed E-state index contributed by atoms with van der Waals surface area (Å²) in [6.45, 7) is 0. The number of ether oxygens (including phenoxy) is 1. The van der Waals surface area contributed by atoms with Crippen molar-refractivity contribution >= 4 is 88.7 Å². The Balaban J connectivity index is 1.11. The van der Waals surface area contributed by atoms with Gasteiger partial charge in [-0.2, -0.15) is 0 Å². The highest BCUT2D eigenvalue weighted by atomic mass is 31.2. The van der Waals surface area contributed by atoms with Gasteiger partial charge >= 0.3 is 0 Å². The third kappa shape index (κ3) is 4.14. The number of rotatable bonds is 2. The minimum atomic E-state index is -3.46. The second-order valence-electron chi connectivity index (χ2n) is 16.2. The number of fused-ring (bicyclic) bond motifs is 18. The quantitative estimate of drug-likeness (QED) is 0.163. The maximum atomic E-state index is 16.5. The molecule has 6 heteroatoms. The van der Waals surface area contributed by atoms with Gasteiger partial charge in [0, 0.05) is 71.1 Å². The summed E-state index contributed by atoms with van der Waals surface area (Å²) >= 11 is 0. The van der Waals surface area contributed by atoms with Crippen molar-refractivity contribution in [3.63, 3.8) is 0 Å². The normalized spacial score (nSPS) is 17.8. The van der Waals surface area contributed by atoms with Gasteiger partial charge in [0.05, 0.1) is 16.4 Å². The molecule has 0 N–H and O–H groups in total. The average Bonchev–Trinajstić information content (AvgIpc) is 3.99. The highest BCUT2D eigenvalue weighted by Gasteiger charge is 2.55. The number of benzene rings is 9. The zero-order valence-corrected chi connectivity index (χ0v) is 33.4. The van der Waals surface area contributed by atoms with Crippen LogP contribution in [0.25, 0.3) is 71.4 Å². The van der Waals surface area contributed by atoms with Crippen molar-refractivity contribution < 1.29 is 18.1 Å². The van der Waals surface area contributed by atoms with E-state index in [-0.39, 0.29) is 0 Å². The first-order valence-electron chi connectivity index (χ1n) is 20.6. The SMILES string of the molecule is O=P1(c2ccccc2)c2ccccc2C2(c3ccccc3Oc3cc(-n4c5ccccc5c5c6c(ccc54)oc4ccccc46)ccc32)c2cc3c(cc21)oc1ccccc13. The van der Waals surface area contributed by atoms with E-state index in [1.54, 1.807) is 0 Å². The van der Waals surface area contributed by atoms with E-state index in [2.05, 4.69) is 126 Å². The van der Waals surface area contributed by atoms with E-state index >= 15 is 4.57 Å². The van der Waals surface area contributed by atoms with E-state index in [4.69, 9.17) is 13.6 Å². The molecule has 12 aromatic rings. The molecule has 5 nitrogen and oxygen atoms in total. The van der Waals surface area contributed by atoms with Crippen LogP contribution in [-0.4, -0.2) is 4.57 Å². The molecule has 0 saturated heterocycles. The van der Waals surface area contributed by atoms with Gasteiger partial charge in [0.1, 0.15) is 33.8 Å². The van der Waals surface area contributed by atoms with Gasteiger partial charge in [-0.05, 0) is 65.7 Å². The molecule has 0 radical (unpaired) electrons. The van der Waals surface area contributed by atoms with Crippen LogP contribution >= 0.6 is 7.14 Å². The van der Waals surface area contributed by atoms with Gasteiger partial charge in [0.25, 0.3) is 0 Å². The van der Waals surface area contributed by atoms with E-state index in [0.29, 0.717) is 5.58 Å². The summed E-state index contributed by atoms with van der Waals surface area (Å²) in [6, 6.07) is 67.0. The number of hydrogen-bond acceptors (Lipinski definition) is 4. The van der Waals surface area contributed by atoms with Crippen LogP contribution in [0.5, 0.6) is 11.5 Å². The Kier molecular flexibility index (Phi) is 6.43. The third-order valence-electron chi connectivity index (χ3n) is 13.3. The first-order valence-corrected chi connectivity index (χ1v) is 22.3. The Morgan fingerprint density at radius 3 is 1.95 bits per heavy atom. The lowest BCUT2D eigenvalue weighted by Gasteiger charge is -2.47. The summed E-state index contributed by atoms with van der Waals surface area (Å²) in [6.07, 6.45) is 0. The number of furan rings is 2. The summed E-state index contributed by atoms with van der Waals surface area (Å²) < 4.78 is 38.9. The number of aromatic nitrogens is 1. The van der Waals surface area contributed by atoms with E-state index in [1.165, 1.54) is 0 Å². The van der Waals surface area contributed by atoms with Crippen molar-refractivity contribution in [2.24, 2.45) is 0 Å². The Hall–Kier alpha value is -7.59. The Bertz CT molecular complexity index is 3910. The molecule has 2 unspecified atom stereocenters. The van der Waals surface area contributed by atoms with Crippen molar-refractivity contribution in [2.75, 3.05) is 0 Å². The molecule has 0 saturated carbocycles. The molecular weight excluding hydrogens is 770 g/mol. The minimum absolute atomic E-state index is 0.715. The maximum Gasteiger partial charge on any atom is 0.171 e. The fourth-order valence-corrected chi connectivity index (χ4v) is 14.0. The number of para-hydroxylation sites is 4. The maximum absolute atomic E-state index is 16.5. The van der Waals surface area contributed by atoms with Gasteiger partial charge < -0.3 is 22.7 Å². The predicted molar refractivity (Wildman–Crippen MR) is 247 cm³/mol. The molecule has 14 rings (SSSR count). The first kappa shape index (κ1) is 33.3. The second kappa shape index (κ2) is 11.8. The van der Waals surface area contributed by atoms with Gasteiger partial charge in [0.2, 0.25) is 0 Å². The average molecular weight is 802 g/mol. The van der Waals surface area contributed by atoms with E-state index in [9.17, 15) is 0 Å². The molecule has 61 heavy (non-hydrogen) atoms. The van der Waals surface area contributed by atoms with Gasteiger partial charge in [-0.1, -0.05) is 133 Å². The van der Waals surface area contributed by atoms with E-state index in [1.807, 2.05) is 72.8 Å². The zero-order valence-electron chi connectivity index (χ0n) is 32.5. The van der Waals surface area contributed by atoms with Crippen molar-refractivity contribution in [3.8, 4) is 17.2 Å². The van der Waals surface area contributed by atoms with Gasteiger partial charge in [0.15, 0.2) is 7.14 Å². The number of hydrogen-bond donors (Lipinski definition) is 0. The highest BCUT2D eigenvalue weighted by Crippen LogP contribution is 2.62. The minimum Gasteiger partial charge on any atom is -0.457 e. The molecule has 2 atom stereocenters. The van der Waals surface area contributed by atoms with Gasteiger partial charge in [-0.15, -0.1) is 0 Å². The van der Waals surface area contributed by atoms with Crippen LogP contribution in [0.4, 0.5) is 0 Å². The Morgan fingerprint density at radius 1 is 0.410 bits per heavy atom. The summed E-state index contributed by atoms with van der Waals surface area (Å²) in [5.74, 6) is 1.50. The molecule has 286 valence electrons. The fourth-order valence-electron chi connectivity index (χ4n) is 10.9. The van der Waals surface area contributed by atoms with Crippen LogP contribution in [-0.2, 0) is 9.98 Å². The van der Waals surface area contributed by atoms with Gasteiger partial charge in [-0.25, -0.2) is 0 Å². The molecule has 0 aliphatic carbocycles. The second-order valence-corrected chi connectivity index (χ2v) is 18.9. The monoisotopic (exact) mass is 801 g/mol. The topological polar surface area (TPSA) is 57.5 Å². The lowest BCUT2D eigenvalue weighted by atomic mass is 9.63. The van der Waals surface area contributed by atoms with Crippen LogP contribution in [0.2, 0.25) is 0 Å². The van der Waals surface area contributed by atoms with Crippen molar-refractivity contribution in [3.05, 3.63) is 216 Å². The first-order chi connectivity index (χ1) is 30.1. The Labute approximate surface area is 349 Å². The van der Waals surface area contributed by atoms with Gasteiger partial charge in [-0.3, -0.25) is 0 Å². The lowest BCUT2D eigenvalue weighted by Crippen LogP contribution is -2.48. The summed E-state index contributed by atoms with van der Waals surface area (Å²) in [4.78, 5) is 0. The Morgan fingerprint density at radius 2 is 1.08 bits per heavy atom. The molecule has 9 aromatic carbocycles. The largest absolute Gasteiger partial charge is 0.457 e. The standard InChI is InChI=1S/C55H32NO4P/c57-61(34-14-2-1-3-15-34)51-25-13-8-20-41(51)55(42-31-38-35-16-5-10-22-45(35)59-49(38)32-52(42)61)39-19-7-12-24-47(39)60-50-30-33(26-27-40(50)55)56-43-21-9-4-17-36(43)53-44(56)28-29-48-54(53)37-18-6-11-23-46(37)58-48/h1-32H. The molecule has 2 aliphatic rings. The van der Waals surface area contributed by atoms with Crippen LogP contribution in [0, 0.1) is 0 Å². The number of nitrogens with zero attached hydrogens (tertiary/aromatic N) is 1. The van der Waals surface area contributed by atoms with E-state index < -0.39 is 12.6 Å². The van der Waals surface area contributed by atoms with Crippen LogP contribution in [0.15, 0.2) is 203 Å². The van der Waals surface area contributed by atoms with Crippen molar-refractivity contribution in [1.29, 1.82) is 0 Å².